The van der Waals surface area contributed by atoms with Gasteiger partial charge in [0.25, 0.3) is 0 Å². The van der Waals surface area contributed by atoms with Gasteiger partial charge in [0.1, 0.15) is 19.1 Å². The summed E-state index contributed by atoms with van der Waals surface area (Å²) in [5.41, 5.74) is 0.573. The van der Waals surface area contributed by atoms with Crippen LogP contribution >= 0.6 is 0 Å². The highest BCUT2D eigenvalue weighted by Crippen LogP contribution is 2.10. The van der Waals surface area contributed by atoms with Crippen LogP contribution in [-0.4, -0.2) is 37.3 Å². The van der Waals surface area contributed by atoms with Crippen molar-refractivity contribution in [2.45, 2.75) is 0 Å². The van der Waals surface area contributed by atoms with E-state index in [0.717, 1.165) is 0 Å². The summed E-state index contributed by atoms with van der Waals surface area (Å²) in [6, 6.07) is 6.00. The van der Waals surface area contributed by atoms with E-state index in [4.69, 9.17) is 4.74 Å². The van der Waals surface area contributed by atoms with Gasteiger partial charge in [-0.15, -0.1) is 5.10 Å². The Morgan fingerprint density at radius 2 is 2.31 bits per heavy atom. The largest absolute Gasteiger partial charge is 0.474 e. The lowest BCUT2D eigenvalue weighted by Gasteiger charge is -2.24. The molecular weight excluding hydrogens is 214 g/mol. The van der Waals surface area contributed by atoms with Crippen molar-refractivity contribution in [2.24, 2.45) is 5.10 Å². The quantitative estimate of drug-likeness (QED) is 0.785. The lowest BCUT2D eigenvalue weighted by molar-refractivity contribution is 0.159. The Morgan fingerprint density at radius 3 is 3.06 bits per heavy atom. The molecule has 0 bridgehead atoms. The van der Waals surface area contributed by atoms with Crippen molar-refractivity contribution >= 4 is 5.90 Å². The molecule has 1 aromatic carbocycles. The van der Waals surface area contributed by atoms with Crippen LogP contribution in [0.15, 0.2) is 29.4 Å². The molecule has 0 fully saturated rings. The third kappa shape index (κ3) is 2.48. The number of ether oxygens (including phenoxy) is 1. The summed E-state index contributed by atoms with van der Waals surface area (Å²) < 4.78 is 30.5. The average Bonchev–Trinajstić information content (AvgIpc) is 2.30. The van der Waals surface area contributed by atoms with Gasteiger partial charge in [-0.2, -0.15) is 0 Å². The first-order valence-electron chi connectivity index (χ1n) is 5.08. The molecule has 1 aliphatic rings. The average molecular weight is 226 g/mol. The summed E-state index contributed by atoms with van der Waals surface area (Å²) in [5.74, 6) is 0.00520. The molecule has 1 aromatic rings. The molecule has 3 nitrogen and oxygen atoms in total. The first-order chi connectivity index (χ1) is 7.79. The number of benzene rings is 1. The lowest BCUT2D eigenvalue weighted by atomic mass is 10.2. The van der Waals surface area contributed by atoms with Gasteiger partial charge in [-0.1, -0.05) is 6.07 Å². The van der Waals surface area contributed by atoms with Crippen molar-refractivity contribution in [1.82, 2.24) is 5.01 Å². The van der Waals surface area contributed by atoms with E-state index in [9.17, 15) is 8.78 Å². The topological polar surface area (TPSA) is 24.8 Å². The number of hydrazone groups is 1. The van der Waals surface area contributed by atoms with Crippen LogP contribution in [0, 0.1) is 5.82 Å². The van der Waals surface area contributed by atoms with Gasteiger partial charge >= 0.3 is 0 Å². The summed E-state index contributed by atoms with van der Waals surface area (Å²) in [4.78, 5) is 0. The third-order valence-electron chi connectivity index (χ3n) is 2.23. The number of alkyl halides is 1. The zero-order valence-corrected chi connectivity index (χ0v) is 8.70. The molecule has 0 N–H and O–H groups in total. The van der Waals surface area contributed by atoms with Crippen LogP contribution in [-0.2, 0) is 4.74 Å². The molecule has 2 rings (SSSR count). The minimum absolute atomic E-state index is 0.238. The van der Waals surface area contributed by atoms with E-state index in [0.29, 0.717) is 24.6 Å². The Bertz CT molecular complexity index is 395. The minimum atomic E-state index is -0.458. The number of rotatable bonds is 3. The van der Waals surface area contributed by atoms with Gasteiger partial charge in [0, 0.05) is 5.56 Å². The van der Waals surface area contributed by atoms with Gasteiger partial charge in [0.2, 0.25) is 5.90 Å². The monoisotopic (exact) mass is 226 g/mol. The molecule has 0 spiro atoms. The number of hydrogen-bond acceptors (Lipinski definition) is 3. The van der Waals surface area contributed by atoms with Crippen LogP contribution in [0.5, 0.6) is 0 Å². The maximum atomic E-state index is 13.0. The zero-order valence-electron chi connectivity index (χ0n) is 8.70. The van der Waals surface area contributed by atoms with E-state index in [1.165, 1.54) is 12.1 Å². The van der Waals surface area contributed by atoms with Crippen LogP contribution in [0.4, 0.5) is 8.78 Å². The van der Waals surface area contributed by atoms with E-state index >= 15 is 0 Å². The summed E-state index contributed by atoms with van der Waals surface area (Å²) >= 11 is 0. The Kier molecular flexibility index (Phi) is 3.34. The van der Waals surface area contributed by atoms with Crippen molar-refractivity contribution < 1.29 is 13.5 Å². The molecule has 0 aromatic heterocycles. The van der Waals surface area contributed by atoms with Crippen molar-refractivity contribution in [1.29, 1.82) is 0 Å². The van der Waals surface area contributed by atoms with E-state index in [2.05, 4.69) is 5.10 Å². The van der Waals surface area contributed by atoms with Crippen molar-refractivity contribution in [2.75, 3.05) is 26.4 Å². The minimum Gasteiger partial charge on any atom is -0.474 e. The molecular formula is C11H12F2N2O. The standard InChI is InChI=1S/C11H12F2N2O/c12-4-5-15-6-7-16-11(14-15)9-2-1-3-10(13)8-9/h1-3,8H,4-7H2. The van der Waals surface area contributed by atoms with Crippen molar-refractivity contribution in [3.05, 3.63) is 35.6 Å². The zero-order chi connectivity index (χ0) is 11.4. The van der Waals surface area contributed by atoms with Gasteiger partial charge in [-0.05, 0) is 18.2 Å². The fraction of sp³-hybridized carbons (Fsp3) is 0.364. The highest BCUT2D eigenvalue weighted by atomic mass is 19.1. The molecule has 1 heterocycles. The summed E-state index contributed by atoms with van der Waals surface area (Å²) in [5, 5.41) is 5.69. The molecule has 0 atom stereocenters. The summed E-state index contributed by atoms with van der Waals surface area (Å²) in [6.07, 6.45) is 0. The highest BCUT2D eigenvalue weighted by Gasteiger charge is 2.14. The van der Waals surface area contributed by atoms with Gasteiger partial charge < -0.3 is 4.74 Å². The molecule has 86 valence electrons. The fourth-order valence-electron chi connectivity index (χ4n) is 1.48. The van der Waals surface area contributed by atoms with Gasteiger partial charge in [0.05, 0.1) is 13.1 Å². The number of halogens is 2. The second-order valence-electron chi connectivity index (χ2n) is 3.41. The third-order valence-corrected chi connectivity index (χ3v) is 2.23. The van der Waals surface area contributed by atoms with E-state index < -0.39 is 6.67 Å². The predicted octanol–water partition coefficient (Wildman–Crippen LogP) is 1.79. The summed E-state index contributed by atoms with van der Waals surface area (Å²) in [7, 11) is 0. The van der Waals surface area contributed by atoms with Gasteiger partial charge in [0.15, 0.2) is 0 Å². The number of nitrogens with zero attached hydrogens (tertiary/aromatic N) is 2. The molecule has 16 heavy (non-hydrogen) atoms. The second-order valence-corrected chi connectivity index (χ2v) is 3.41. The first-order valence-corrected chi connectivity index (χ1v) is 5.08. The molecule has 1 aliphatic heterocycles. The maximum Gasteiger partial charge on any atom is 0.238 e. The highest BCUT2D eigenvalue weighted by molar-refractivity contribution is 5.94. The second kappa shape index (κ2) is 4.92. The first kappa shape index (κ1) is 10.9. The van der Waals surface area contributed by atoms with Gasteiger partial charge in [-0.25, -0.2) is 8.78 Å². The Morgan fingerprint density at radius 1 is 1.44 bits per heavy atom. The Labute approximate surface area is 92.3 Å². The smallest absolute Gasteiger partial charge is 0.238 e. The van der Waals surface area contributed by atoms with Crippen LogP contribution in [0.1, 0.15) is 5.56 Å². The molecule has 5 heteroatoms. The van der Waals surface area contributed by atoms with Crippen LogP contribution in [0.25, 0.3) is 0 Å². The molecule has 0 radical (unpaired) electrons. The summed E-state index contributed by atoms with van der Waals surface area (Å²) in [6.45, 7) is 0.778. The van der Waals surface area contributed by atoms with Crippen molar-refractivity contribution in [3.8, 4) is 0 Å². The van der Waals surface area contributed by atoms with Crippen LogP contribution in [0.2, 0.25) is 0 Å². The fourth-order valence-corrected chi connectivity index (χ4v) is 1.48. The van der Waals surface area contributed by atoms with E-state index in [1.807, 2.05) is 0 Å². The molecule has 0 amide bonds. The van der Waals surface area contributed by atoms with Crippen molar-refractivity contribution in [3.63, 3.8) is 0 Å². The lowest BCUT2D eigenvalue weighted by Crippen LogP contribution is -2.32. The molecule has 0 saturated carbocycles. The predicted molar refractivity (Wildman–Crippen MR) is 56.4 cm³/mol. The Balaban J connectivity index is 2.19. The molecule has 0 unspecified atom stereocenters. The Hall–Kier alpha value is -1.65. The van der Waals surface area contributed by atoms with E-state index in [1.54, 1.807) is 17.1 Å². The van der Waals surface area contributed by atoms with Crippen LogP contribution < -0.4 is 0 Å². The SMILES string of the molecule is FCCN1CCOC(c2cccc(F)c2)=N1. The molecule has 0 saturated heterocycles. The maximum absolute atomic E-state index is 13.0. The van der Waals surface area contributed by atoms with Crippen LogP contribution in [0.3, 0.4) is 0 Å². The van der Waals surface area contributed by atoms with E-state index in [-0.39, 0.29) is 12.4 Å². The normalized spacial score (nSPS) is 15.6. The number of hydrogen-bond donors (Lipinski definition) is 0. The van der Waals surface area contributed by atoms with Gasteiger partial charge in [-0.3, -0.25) is 5.01 Å². The molecule has 0 aliphatic carbocycles.